The minimum Gasteiger partial charge on any atom is -0.493 e. The maximum absolute atomic E-state index is 12.1. The van der Waals surface area contributed by atoms with E-state index in [1.807, 2.05) is 48.5 Å². The van der Waals surface area contributed by atoms with Crippen molar-refractivity contribution in [2.75, 3.05) is 19.1 Å². The minimum atomic E-state index is -0.226. The van der Waals surface area contributed by atoms with Gasteiger partial charge in [-0.2, -0.15) is 5.10 Å². The molecular weight excluding hydrogens is 482 g/mol. The lowest BCUT2D eigenvalue weighted by atomic mass is 10.2. The maximum atomic E-state index is 12.1. The molecule has 0 aliphatic heterocycles. The lowest BCUT2D eigenvalue weighted by molar-refractivity contribution is -0.123. The van der Waals surface area contributed by atoms with Gasteiger partial charge in [0.25, 0.3) is 5.91 Å². The molecule has 3 aromatic carbocycles. The zero-order valence-electron chi connectivity index (χ0n) is 16.8. The first kappa shape index (κ1) is 22.7. The van der Waals surface area contributed by atoms with Crippen LogP contribution in [0.5, 0.6) is 11.5 Å². The van der Waals surface area contributed by atoms with E-state index in [0.29, 0.717) is 27.5 Å². The number of carbonyl (C=O) groups is 1. The number of rotatable bonds is 9. The van der Waals surface area contributed by atoms with E-state index in [-0.39, 0.29) is 12.5 Å². The van der Waals surface area contributed by atoms with Gasteiger partial charge in [0, 0.05) is 11.6 Å². The number of methoxy groups -OCH3 is 1. The summed E-state index contributed by atoms with van der Waals surface area (Å²) in [5.41, 5.74) is 5.55. The molecule has 0 atom stereocenters. The van der Waals surface area contributed by atoms with Gasteiger partial charge in [-0.05, 0) is 63.5 Å². The lowest BCUT2D eigenvalue weighted by Gasteiger charge is -2.13. The number of halogens is 2. The van der Waals surface area contributed by atoms with E-state index in [0.717, 1.165) is 16.8 Å². The molecule has 3 rings (SSSR count). The van der Waals surface area contributed by atoms with Gasteiger partial charge in [-0.1, -0.05) is 41.9 Å². The van der Waals surface area contributed by atoms with Crippen LogP contribution in [0.25, 0.3) is 0 Å². The third-order valence-electron chi connectivity index (χ3n) is 4.18. The summed E-state index contributed by atoms with van der Waals surface area (Å²) in [7, 11) is 1.54. The summed E-state index contributed by atoms with van der Waals surface area (Å²) < 4.78 is 11.8. The molecule has 3 aromatic rings. The Balaban J connectivity index is 1.58. The number of hydrogen-bond acceptors (Lipinski definition) is 5. The normalized spacial score (nSPS) is 10.7. The largest absolute Gasteiger partial charge is 0.493 e. The molecule has 0 saturated carbocycles. The van der Waals surface area contributed by atoms with Gasteiger partial charge in [-0.25, -0.2) is 0 Å². The summed E-state index contributed by atoms with van der Waals surface area (Å²) >= 11 is 9.35. The second-order valence-corrected chi connectivity index (χ2v) is 7.75. The van der Waals surface area contributed by atoms with Crippen molar-refractivity contribution in [2.45, 2.75) is 6.54 Å². The lowest BCUT2D eigenvalue weighted by Crippen LogP contribution is -2.28. The van der Waals surface area contributed by atoms with Crippen LogP contribution in [-0.2, 0) is 11.3 Å². The summed E-state index contributed by atoms with van der Waals surface area (Å²) in [4.78, 5) is 12.1. The van der Waals surface area contributed by atoms with Gasteiger partial charge in [0.15, 0.2) is 18.1 Å². The molecule has 0 fully saturated rings. The fourth-order valence-corrected chi connectivity index (χ4v) is 3.35. The Hall–Kier alpha value is -3.03. The van der Waals surface area contributed by atoms with E-state index in [1.165, 1.54) is 7.11 Å². The Kier molecular flexibility index (Phi) is 8.32. The van der Waals surface area contributed by atoms with Gasteiger partial charge in [-0.3, -0.25) is 10.2 Å². The molecule has 2 N–H and O–H groups in total. The number of hydrazone groups is 1. The fourth-order valence-electron chi connectivity index (χ4n) is 2.65. The molecular formula is C23H21BrClN3O3. The SMILES string of the molecule is COc1cc(/C=N/Nc2ccc(Cl)cc2)cc(Br)c1OCC(=O)NCc1ccccc1. The predicted molar refractivity (Wildman–Crippen MR) is 127 cm³/mol. The second kappa shape index (κ2) is 11.4. The van der Waals surface area contributed by atoms with Crippen LogP contribution in [0, 0.1) is 0 Å². The molecule has 8 heteroatoms. The first-order chi connectivity index (χ1) is 15.0. The van der Waals surface area contributed by atoms with Crippen molar-refractivity contribution in [1.29, 1.82) is 0 Å². The summed E-state index contributed by atoms with van der Waals surface area (Å²) in [6, 6.07) is 20.5. The topological polar surface area (TPSA) is 71.9 Å². The van der Waals surface area contributed by atoms with Gasteiger partial charge in [0.05, 0.1) is 23.5 Å². The number of hydrogen-bond donors (Lipinski definition) is 2. The van der Waals surface area contributed by atoms with Crippen molar-refractivity contribution in [3.63, 3.8) is 0 Å². The van der Waals surface area contributed by atoms with E-state index < -0.39 is 0 Å². The molecule has 0 saturated heterocycles. The van der Waals surface area contributed by atoms with E-state index in [2.05, 4.69) is 31.8 Å². The van der Waals surface area contributed by atoms with Crippen LogP contribution < -0.4 is 20.2 Å². The van der Waals surface area contributed by atoms with E-state index in [4.69, 9.17) is 21.1 Å². The first-order valence-electron chi connectivity index (χ1n) is 9.41. The Morgan fingerprint density at radius 2 is 1.87 bits per heavy atom. The van der Waals surface area contributed by atoms with Crippen molar-refractivity contribution in [1.82, 2.24) is 5.32 Å². The summed E-state index contributed by atoms with van der Waals surface area (Å²) in [6.45, 7) is 0.310. The molecule has 0 unspecified atom stereocenters. The third kappa shape index (κ3) is 7.01. The zero-order chi connectivity index (χ0) is 22.1. The number of nitrogens with one attached hydrogen (secondary N) is 2. The molecule has 160 valence electrons. The molecule has 0 spiro atoms. The smallest absolute Gasteiger partial charge is 0.258 e. The third-order valence-corrected chi connectivity index (χ3v) is 5.02. The van der Waals surface area contributed by atoms with Crippen LogP contribution >= 0.6 is 27.5 Å². The average molecular weight is 503 g/mol. The van der Waals surface area contributed by atoms with Gasteiger partial charge < -0.3 is 14.8 Å². The number of nitrogens with zero attached hydrogens (tertiary/aromatic N) is 1. The molecule has 0 heterocycles. The van der Waals surface area contributed by atoms with E-state index in [9.17, 15) is 4.79 Å². The minimum absolute atomic E-state index is 0.132. The number of anilines is 1. The van der Waals surface area contributed by atoms with Crippen molar-refractivity contribution < 1.29 is 14.3 Å². The second-order valence-electron chi connectivity index (χ2n) is 6.46. The van der Waals surface area contributed by atoms with Crippen LogP contribution in [-0.4, -0.2) is 25.8 Å². The van der Waals surface area contributed by atoms with Gasteiger partial charge >= 0.3 is 0 Å². The molecule has 0 aliphatic carbocycles. The van der Waals surface area contributed by atoms with Crippen LogP contribution in [0.3, 0.4) is 0 Å². The monoisotopic (exact) mass is 501 g/mol. The Morgan fingerprint density at radius 1 is 1.13 bits per heavy atom. The average Bonchev–Trinajstić information content (AvgIpc) is 2.78. The molecule has 0 aliphatic rings. The quantitative estimate of drug-likeness (QED) is 0.310. The number of ether oxygens (including phenoxy) is 2. The molecule has 0 bridgehead atoms. The van der Waals surface area contributed by atoms with Crippen LogP contribution in [0.1, 0.15) is 11.1 Å². The molecule has 6 nitrogen and oxygen atoms in total. The Bertz CT molecular complexity index is 1040. The highest BCUT2D eigenvalue weighted by molar-refractivity contribution is 9.10. The zero-order valence-corrected chi connectivity index (χ0v) is 19.1. The van der Waals surface area contributed by atoms with Crippen molar-refractivity contribution in [2.24, 2.45) is 5.10 Å². The van der Waals surface area contributed by atoms with Gasteiger partial charge in [-0.15, -0.1) is 0 Å². The Labute approximate surface area is 194 Å². The number of benzene rings is 3. The summed E-state index contributed by atoms with van der Waals surface area (Å²) in [5, 5.41) is 7.70. The summed E-state index contributed by atoms with van der Waals surface area (Å²) in [6.07, 6.45) is 1.65. The molecule has 1 amide bonds. The highest BCUT2D eigenvalue weighted by atomic mass is 79.9. The highest BCUT2D eigenvalue weighted by Gasteiger charge is 2.13. The summed E-state index contributed by atoms with van der Waals surface area (Å²) in [5.74, 6) is 0.703. The van der Waals surface area contributed by atoms with Gasteiger partial charge in [0.2, 0.25) is 0 Å². The van der Waals surface area contributed by atoms with Crippen molar-refractivity contribution in [3.05, 3.63) is 87.4 Å². The van der Waals surface area contributed by atoms with Crippen LogP contribution in [0.2, 0.25) is 5.02 Å². The number of carbonyl (C=O) groups excluding carboxylic acids is 1. The molecule has 31 heavy (non-hydrogen) atoms. The highest BCUT2D eigenvalue weighted by Crippen LogP contribution is 2.36. The Morgan fingerprint density at radius 3 is 2.58 bits per heavy atom. The standard InChI is InChI=1S/C23H21BrClN3O3/c1-30-21-12-17(14-27-28-19-9-7-18(25)8-10-19)11-20(24)23(21)31-15-22(29)26-13-16-5-3-2-4-6-16/h2-12,14,28H,13,15H2,1H3,(H,26,29)/b27-14+. The van der Waals surface area contributed by atoms with Crippen LogP contribution in [0.15, 0.2) is 76.3 Å². The maximum Gasteiger partial charge on any atom is 0.258 e. The predicted octanol–water partition coefficient (Wildman–Crippen LogP) is 5.25. The van der Waals surface area contributed by atoms with Gasteiger partial charge in [0.1, 0.15) is 0 Å². The van der Waals surface area contributed by atoms with Crippen molar-refractivity contribution >= 4 is 45.3 Å². The van der Waals surface area contributed by atoms with E-state index >= 15 is 0 Å². The molecule has 0 aromatic heterocycles. The van der Waals surface area contributed by atoms with E-state index in [1.54, 1.807) is 24.4 Å². The molecule has 0 radical (unpaired) electrons. The number of amides is 1. The fraction of sp³-hybridized carbons (Fsp3) is 0.130. The van der Waals surface area contributed by atoms with Crippen molar-refractivity contribution in [3.8, 4) is 11.5 Å². The van der Waals surface area contributed by atoms with Crippen LogP contribution in [0.4, 0.5) is 5.69 Å². The first-order valence-corrected chi connectivity index (χ1v) is 10.6.